The molecular weight excluding hydrogens is 288 g/mol. The van der Waals surface area contributed by atoms with Gasteiger partial charge in [0.2, 0.25) is 0 Å². The average molecular weight is 300 g/mol. The van der Waals surface area contributed by atoms with E-state index in [-0.39, 0.29) is 11.3 Å². The Morgan fingerprint density at radius 1 is 1.18 bits per heavy atom. The third kappa shape index (κ3) is 3.35. The first kappa shape index (κ1) is 15.4. The Balaban J connectivity index is 2.13. The summed E-state index contributed by atoms with van der Waals surface area (Å²) in [5.74, 6) is -4.54. The fraction of sp³-hybridized carbons (Fsp3) is 0.125. The summed E-state index contributed by atoms with van der Waals surface area (Å²) in [4.78, 5) is 45.9. The number of carbonyl (C=O) groups excluding carboxylic acids is 3. The maximum absolute atomic E-state index is 11.9. The predicted octanol–water partition coefficient (Wildman–Crippen LogP) is 1.61. The van der Waals surface area contributed by atoms with Crippen LogP contribution in [0.4, 0.5) is 0 Å². The summed E-state index contributed by atoms with van der Waals surface area (Å²) in [7, 11) is 0. The fourth-order valence-electron chi connectivity index (χ4n) is 1.91. The highest BCUT2D eigenvalue weighted by molar-refractivity contribution is 6.25. The van der Waals surface area contributed by atoms with Gasteiger partial charge in [-0.1, -0.05) is 18.2 Å². The minimum Gasteiger partial charge on any atom is -0.478 e. The van der Waals surface area contributed by atoms with E-state index in [1.165, 1.54) is 37.3 Å². The van der Waals surface area contributed by atoms with Crippen molar-refractivity contribution in [2.45, 2.75) is 6.92 Å². The molecule has 1 N–H and O–H groups in total. The minimum absolute atomic E-state index is 0.120. The van der Waals surface area contributed by atoms with Crippen molar-refractivity contribution in [2.24, 2.45) is 5.92 Å². The van der Waals surface area contributed by atoms with E-state index >= 15 is 0 Å². The molecule has 0 saturated carbocycles. The molecule has 22 heavy (non-hydrogen) atoms. The Hall–Kier alpha value is -3.02. The number of hydrogen-bond acceptors (Lipinski definition) is 5. The molecule has 1 heterocycles. The average Bonchev–Trinajstić information content (AvgIpc) is 2.44. The molecule has 0 fully saturated rings. The molecule has 0 amide bonds. The molecule has 6 nitrogen and oxygen atoms in total. The van der Waals surface area contributed by atoms with Crippen LogP contribution < -0.4 is 0 Å². The van der Waals surface area contributed by atoms with Crippen molar-refractivity contribution in [1.82, 2.24) is 0 Å². The number of carboxylic acids is 1. The second-order valence-corrected chi connectivity index (χ2v) is 4.67. The van der Waals surface area contributed by atoms with E-state index < -0.39 is 29.4 Å². The van der Waals surface area contributed by atoms with Gasteiger partial charge >= 0.3 is 11.9 Å². The highest BCUT2D eigenvalue weighted by Gasteiger charge is 2.36. The van der Waals surface area contributed by atoms with Crippen LogP contribution in [0.2, 0.25) is 0 Å². The van der Waals surface area contributed by atoms with E-state index in [1.807, 2.05) is 0 Å². The van der Waals surface area contributed by atoms with Crippen LogP contribution >= 0.6 is 0 Å². The van der Waals surface area contributed by atoms with Gasteiger partial charge in [0.05, 0.1) is 5.56 Å². The number of esters is 1. The molecule has 1 atom stereocenters. The quantitative estimate of drug-likeness (QED) is 0.515. The number of aromatic carboxylic acids is 1. The normalized spacial score (nSPS) is 18.0. The van der Waals surface area contributed by atoms with Gasteiger partial charge < -0.3 is 9.84 Å². The number of allylic oxidation sites excluding steroid dienone is 3. The van der Waals surface area contributed by atoms with Gasteiger partial charge in [-0.3, -0.25) is 14.4 Å². The number of ether oxygens (including phenoxy) is 1. The lowest BCUT2D eigenvalue weighted by atomic mass is 9.96. The zero-order valence-corrected chi connectivity index (χ0v) is 11.6. The zero-order chi connectivity index (χ0) is 16.3. The SMILES string of the molecule is CC1=CC(=O)[C@H](C(=O)/C=C/c2ccc(C(=O)O)cc2)C(=O)O1. The van der Waals surface area contributed by atoms with Gasteiger partial charge in [0.15, 0.2) is 17.5 Å². The highest BCUT2D eigenvalue weighted by Crippen LogP contribution is 2.16. The Morgan fingerprint density at radius 2 is 1.82 bits per heavy atom. The summed E-state index contributed by atoms with van der Waals surface area (Å²) in [5.41, 5.74) is 0.692. The summed E-state index contributed by atoms with van der Waals surface area (Å²) >= 11 is 0. The maximum Gasteiger partial charge on any atom is 0.335 e. The maximum atomic E-state index is 11.9. The number of carbonyl (C=O) groups is 4. The van der Waals surface area contributed by atoms with Crippen LogP contribution in [0.25, 0.3) is 6.08 Å². The standard InChI is InChI=1S/C16H12O6/c1-9-8-13(18)14(16(21)22-9)12(17)7-4-10-2-5-11(6-3-10)15(19)20/h2-8,14H,1H3,(H,19,20)/b7-4+/t14-/m0/s1. The summed E-state index contributed by atoms with van der Waals surface area (Å²) < 4.78 is 4.77. The van der Waals surface area contributed by atoms with E-state index in [0.29, 0.717) is 5.56 Å². The number of cyclic esters (lactones) is 1. The van der Waals surface area contributed by atoms with Crippen molar-refractivity contribution in [3.05, 3.63) is 53.3 Å². The Morgan fingerprint density at radius 3 is 2.36 bits per heavy atom. The van der Waals surface area contributed by atoms with Crippen molar-refractivity contribution in [3.8, 4) is 0 Å². The molecule has 6 heteroatoms. The van der Waals surface area contributed by atoms with E-state index in [2.05, 4.69) is 0 Å². The minimum atomic E-state index is -1.47. The van der Waals surface area contributed by atoms with Crippen molar-refractivity contribution >= 4 is 29.6 Å². The molecule has 2 rings (SSSR count). The second-order valence-electron chi connectivity index (χ2n) is 4.67. The van der Waals surface area contributed by atoms with Crippen LogP contribution in [-0.2, 0) is 19.1 Å². The van der Waals surface area contributed by atoms with Crippen molar-refractivity contribution in [2.75, 3.05) is 0 Å². The molecule has 0 aliphatic carbocycles. The third-order valence-corrected chi connectivity index (χ3v) is 3.01. The molecular formula is C16H12O6. The third-order valence-electron chi connectivity index (χ3n) is 3.01. The molecule has 112 valence electrons. The molecule has 0 spiro atoms. The van der Waals surface area contributed by atoms with Gasteiger partial charge in [-0.25, -0.2) is 4.79 Å². The Bertz CT molecular complexity index is 709. The van der Waals surface area contributed by atoms with Crippen LogP contribution in [0.15, 0.2) is 42.2 Å². The molecule has 0 aromatic heterocycles. The first-order valence-corrected chi connectivity index (χ1v) is 6.37. The molecule has 0 bridgehead atoms. The van der Waals surface area contributed by atoms with Crippen molar-refractivity contribution in [1.29, 1.82) is 0 Å². The molecule has 0 radical (unpaired) electrons. The van der Waals surface area contributed by atoms with Crippen LogP contribution in [0.3, 0.4) is 0 Å². The van der Waals surface area contributed by atoms with Crippen LogP contribution in [-0.4, -0.2) is 28.6 Å². The summed E-state index contributed by atoms with van der Waals surface area (Å²) in [6.07, 6.45) is 3.62. The smallest absolute Gasteiger partial charge is 0.335 e. The van der Waals surface area contributed by atoms with Gasteiger partial charge in [-0.15, -0.1) is 0 Å². The fourth-order valence-corrected chi connectivity index (χ4v) is 1.91. The molecule has 1 aromatic carbocycles. The van der Waals surface area contributed by atoms with Gasteiger partial charge in [0, 0.05) is 6.08 Å². The van der Waals surface area contributed by atoms with Crippen LogP contribution in [0.1, 0.15) is 22.8 Å². The molecule has 1 aliphatic heterocycles. The topological polar surface area (TPSA) is 97.7 Å². The highest BCUT2D eigenvalue weighted by atomic mass is 16.5. The van der Waals surface area contributed by atoms with E-state index in [1.54, 1.807) is 0 Å². The van der Waals surface area contributed by atoms with Gasteiger partial charge in [-0.2, -0.15) is 0 Å². The van der Waals surface area contributed by atoms with E-state index in [4.69, 9.17) is 9.84 Å². The first-order chi connectivity index (χ1) is 10.4. The van der Waals surface area contributed by atoms with Crippen molar-refractivity contribution in [3.63, 3.8) is 0 Å². The van der Waals surface area contributed by atoms with Gasteiger partial charge in [-0.05, 0) is 30.7 Å². The number of ketones is 2. The largest absolute Gasteiger partial charge is 0.478 e. The second kappa shape index (κ2) is 6.17. The Kier molecular flexibility index (Phi) is 4.31. The van der Waals surface area contributed by atoms with Gasteiger partial charge in [0.25, 0.3) is 0 Å². The molecule has 0 unspecified atom stereocenters. The van der Waals surface area contributed by atoms with Crippen LogP contribution in [0, 0.1) is 5.92 Å². The lowest BCUT2D eigenvalue weighted by Crippen LogP contribution is -2.34. The first-order valence-electron chi connectivity index (χ1n) is 6.37. The van der Waals surface area contributed by atoms with Crippen LogP contribution in [0.5, 0.6) is 0 Å². The predicted molar refractivity (Wildman–Crippen MR) is 75.8 cm³/mol. The van der Waals surface area contributed by atoms with Gasteiger partial charge in [0.1, 0.15) is 5.76 Å². The molecule has 0 saturated heterocycles. The molecule has 1 aliphatic rings. The van der Waals surface area contributed by atoms with E-state index in [0.717, 1.165) is 12.2 Å². The lowest BCUT2D eigenvalue weighted by Gasteiger charge is -2.15. The lowest BCUT2D eigenvalue weighted by molar-refractivity contribution is -0.151. The summed E-state index contributed by atoms with van der Waals surface area (Å²) in [6, 6.07) is 5.80. The molecule has 1 aromatic rings. The summed E-state index contributed by atoms with van der Waals surface area (Å²) in [5, 5.41) is 8.78. The monoisotopic (exact) mass is 300 g/mol. The zero-order valence-electron chi connectivity index (χ0n) is 11.6. The number of rotatable bonds is 4. The number of benzene rings is 1. The van der Waals surface area contributed by atoms with E-state index in [9.17, 15) is 19.2 Å². The summed E-state index contributed by atoms with van der Waals surface area (Å²) in [6.45, 7) is 1.45. The number of carboxylic acid groups (broad SMARTS) is 1. The van der Waals surface area contributed by atoms with Crippen molar-refractivity contribution < 1.29 is 29.0 Å². The Labute approximate surface area is 125 Å². The number of hydrogen-bond donors (Lipinski definition) is 1.